The van der Waals surface area contributed by atoms with Crippen LogP contribution in [0, 0.1) is 16.7 Å². The van der Waals surface area contributed by atoms with Crippen LogP contribution in [0.5, 0.6) is 5.75 Å². The summed E-state index contributed by atoms with van der Waals surface area (Å²) in [6.07, 6.45) is 4.59. The molecule has 0 saturated carbocycles. The van der Waals surface area contributed by atoms with Gasteiger partial charge in [-0.2, -0.15) is 5.26 Å². The third kappa shape index (κ3) is 4.56. The fourth-order valence-corrected chi connectivity index (χ4v) is 2.50. The van der Waals surface area contributed by atoms with Gasteiger partial charge in [0.1, 0.15) is 5.75 Å². The molecule has 130 valence electrons. The van der Waals surface area contributed by atoms with Crippen LogP contribution in [0.4, 0.5) is 0 Å². The van der Waals surface area contributed by atoms with Gasteiger partial charge in [0.05, 0.1) is 19.3 Å². The number of hydrogen-bond donors (Lipinski definition) is 0. The second kappa shape index (κ2) is 8.81. The highest BCUT2D eigenvalue weighted by Gasteiger charge is 2.46. The first-order valence-corrected chi connectivity index (χ1v) is 8.59. The molecule has 5 heteroatoms. The number of esters is 1. The van der Waals surface area contributed by atoms with Crippen molar-refractivity contribution in [2.45, 2.75) is 52.2 Å². The van der Waals surface area contributed by atoms with E-state index in [1.165, 1.54) is 5.56 Å². The smallest absolute Gasteiger partial charge is 0.336 e. The molecular formula is C19H25NO4. The molecule has 0 bridgehead atoms. The second-order valence-corrected chi connectivity index (χ2v) is 6.17. The number of benzene rings is 1. The molecule has 24 heavy (non-hydrogen) atoms. The molecule has 0 unspecified atom stereocenters. The molecule has 0 radical (unpaired) electrons. The SMILES string of the molecule is CCCCc1ccc(OC(=O)[C@]2(C#N)CO[C@H](CCC)OC2)cc1. The number of rotatable bonds is 7. The van der Waals surface area contributed by atoms with Crippen molar-refractivity contribution in [2.75, 3.05) is 13.2 Å². The lowest BCUT2D eigenvalue weighted by Gasteiger charge is -2.33. The van der Waals surface area contributed by atoms with Crippen LogP contribution in [-0.4, -0.2) is 25.5 Å². The normalized spacial score (nSPS) is 23.5. The number of ether oxygens (including phenoxy) is 3. The highest BCUT2D eigenvalue weighted by Crippen LogP contribution is 2.28. The van der Waals surface area contributed by atoms with Crippen LogP contribution in [0.2, 0.25) is 0 Å². The van der Waals surface area contributed by atoms with Gasteiger partial charge in [0, 0.05) is 0 Å². The second-order valence-electron chi connectivity index (χ2n) is 6.17. The molecule has 1 fully saturated rings. The molecule has 1 aromatic rings. The van der Waals surface area contributed by atoms with E-state index in [1.54, 1.807) is 12.1 Å². The Morgan fingerprint density at radius 2 is 1.92 bits per heavy atom. The average Bonchev–Trinajstić information content (AvgIpc) is 2.62. The van der Waals surface area contributed by atoms with Crippen molar-refractivity contribution in [3.05, 3.63) is 29.8 Å². The molecular weight excluding hydrogens is 306 g/mol. The first kappa shape index (κ1) is 18.4. The van der Waals surface area contributed by atoms with Gasteiger partial charge in [-0.15, -0.1) is 0 Å². The Kier molecular flexibility index (Phi) is 6.77. The Labute approximate surface area is 143 Å². The minimum absolute atomic E-state index is 0.00157. The van der Waals surface area contributed by atoms with Gasteiger partial charge in [-0.3, -0.25) is 0 Å². The molecule has 0 aromatic heterocycles. The Morgan fingerprint density at radius 3 is 2.46 bits per heavy atom. The van der Waals surface area contributed by atoms with Crippen LogP contribution < -0.4 is 4.74 Å². The van der Waals surface area contributed by atoms with Crippen LogP contribution in [0.3, 0.4) is 0 Å². The lowest BCUT2D eigenvalue weighted by Crippen LogP contribution is -2.48. The zero-order valence-corrected chi connectivity index (χ0v) is 14.4. The van der Waals surface area contributed by atoms with Crippen molar-refractivity contribution in [3.63, 3.8) is 0 Å². The number of aryl methyl sites for hydroxylation is 1. The lowest BCUT2D eigenvalue weighted by molar-refractivity contribution is -0.222. The zero-order chi connectivity index (χ0) is 17.4. The van der Waals surface area contributed by atoms with E-state index in [0.717, 1.165) is 32.1 Å². The van der Waals surface area contributed by atoms with Crippen LogP contribution in [-0.2, 0) is 20.7 Å². The van der Waals surface area contributed by atoms with Gasteiger partial charge in [-0.05, 0) is 37.0 Å². The number of hydrogen-bond acceptors (Lipinski definition) is 5. The van der Waals surface area contributed by atoms with Gasteiger partial charge >= 0.3 is 5.97 Å². The summed E-state index contributed by atoms with van der Waals surface area (Å²) in [4.78, 5) is 12.4. The molecule has 1 aromatic carbocycles. The van der Waals surface area contributed by atoms with E-state index in [0.29, 0.717) is 5.75 Å². The number of nitriles is 1. The van der Waals surface area contributed by atoms with Crippen LogP contribution in [0.25, 0.3) is 0 Å². The zero-order valence-electron chi connectivity index (χ0n) is 14.4. The maximum atomic E-state index is 12.4. The predicted molar refractivity (Wildman–Crippen MR) is 89.3 cm³/mol. The van der Waals surface area contributed by atoms with Crippen molar-refractivity contribution in [1.29, 1.82) is 5.26 Å². The number of carbonyl (C=O) groups excluding carboxylic acids is 1. The fraction of sp³-hybridized carbons (Fsp3) is 0.579. The Hall–Kier alpha value is -1.90. The molecule has 1 saturated heterocycles. The number of unbranched alkanes of at least 4 members (excludes halogenated alkanes) is 1. The summed E-state index contributed by atoms with van der Waals surface area (Å²) in [6.45, 7) is 4.18. The fourth-order valence-electron chi connectivity index (χ4n) is 2.50. The minimum Gasteiger partial charge on any atom is -0.425 e. The largest absolute Gasteiger partial charge is 0.425 e. The number of nitrogens with zero attached hydrogens (tertiary/aromatic N) is 1. The highest BCUT2D eigenvalue weighted by molar-refractivity contribution is 5.82. The summed E-state index contributed by atoms with van der Waals surface area (Å²) in [5.41, 5.74) is -0.191. The number of carbonyl (C=O) groups is 1. The van der Waals surface area contributed by atoms with E-state index >= 15 is 0 Å². The summed E-state index contributed by atoms with van der Waals surface area (Å²) in [7, 11) is 0. The first-order chi connectivity index (χ1) is 11.6. The van der Waals surface area contributed by atoms with E-state index in [1.807, 2.05) is 25.1 Å². The van der Waals surface area contributed by atoms with E-state index in [2.05, 4.69) is 6.92 Å². The molecule has 1 aliphatic heterocycles. The third-order valence-electron chi connectivity index (χ3n) is 4.11. The van der Waals surface area contributed by atoms with Gasteiger partial charge in [-0.25, -0.2) is 4.79 Å². The Balaban J connectivity index is 1.96. The molecule has 0 aliphatic carbocycles. The van der Waals surface area contributed by atoms with E-state index in [9.17, 15) is 10.1 Å². The summed E-state index contributed by atoms with van der Waals surface area (Å²) >= 11 is 0. The maximum absolute atomic E-state index is 12.4. The topological polar surface area (TPSA) is 68.6 Å². The molecule has 0 atom stereocenters. The third-order valence-corrected chi connectivity index (χ3v) is 4.11. The van der Waals surface area contributed by atoms with Gasteiger partial charge in [0.2, 0.25) is 5.41 Å². The van der Waals surface area contributed by atoms with Gasteiger partial charge in [0.15, 0.2) is 6.29 Å². The van der Waals surface area contributed by atoms with E-state index < -0.39 is 11.4 Å². The molecule has 2 rings (SSSR count). The summed E-state index contributed by atoms with van der Waals surface area (Å²) in [6, 6.07) is 9.43. The van der Waals surface area contributed by atoms with Crippen LogP contribution in [0.15, 0.2) is 24.3 Å². The standard InChI is InChI=1S/C19H25NO4/c1-3-5-7-15-8-10-16(11-9-15)24-18(21)19(12-20)13-22-17(6-4-2)23-14-19/h8-11,17H,3-7,13-14H2,1-2H3/t17-,19+. The molecule has 1 heterocycles. The van der Waals surface area contributed by atoms with Crippen LogP contribution >= 0.6 is 0 Å². The average molecular weight is 331 g/mol. The van der Waals surface area contributed by atoms with E-state index in [4.69, 9.17) is 14.2 Å². The quantitative estimate of drug-likeness (QED) is 0.564. The van der Waals surface area contributed by atoms with Gasteiger partial charge in [0.25, 0.3) is 0 Å². The first-order valence-electron chi connectivity index (χ1n) is 8.59. The van der Waals surface area contributed by atoms with Crippen LogP contribution in [0.1, 0.15) is 45.1 Å². The summed E-state index contributed by atoms with van der Waals surface area (Å²) in [5.74, 6) is -0.188. The molecule has 0 amide bonds. The highest BCUT2D eigenvalue weighted by atomic mass is 16.7. The lowest BCUT2D eigenvalue weighted by atomic mass is 9.91. The molecule has 1 aliphatic rings. The summed E-state index contributed by atoms with van der Waals surface area (Å²) < 4.78 is 16.4. The monoisotopic (exact) mass is 331 g/mol. The van der Waals surface area contributed by atoms with Crippen molar-refractivity contribution >= 4 is 5.97 Å². The molecule has 0 N–H and O–H groups in total. The van der Waals surface area contributed by atoms with Crippen molar-refractivity contribution < 1.29 is 19.0 Å². The predicted octanol–water partition coefficient (Wildman–Crippen LogP) is 3.62. The molecule has 0 spiro atoms. The van der Waals surface area contributed by atoms with Gasteiger partial charge in [-0.1, -0.05) is 38.8 Å². The van der Waals surface area contributed by atoms with Crippen molar-refractivity contribution in [1.82, 2.24) is 0 Å². The maximum Gasteiger partial charge on any atom is 0.336 e. The van der Waals surface area contributed by atoms with Crippen molar-refractivity contribution in [3.8, 4) is 11.8 Å². The minimum atomic E-state index is -1.40. The Bertz CT molecular complexity index is 568. The van der Waals surface area contributed by atoms with Crippen molar-refractivity contribution in [2.24, 2.45) is 5.41 Å². The Morgan fingerprint density at radius 1 is 1.25 bits per heavy atom. The molecule has 5 nitrogen and oxygen atoms in total. The summed E-state index contributed by atoms with van der Waals surface area (Å²) in [5, 5.41) is 9.44. The van der Waals surface area contributed by atoms with E-state index in [-0.39, 0.29) is 19.5 Å². The van der Waals surface area contributed by atoms with Gasteiger partial charge < -0.3 is 14.2 Å².